The topological polar surface area (TPSA) is 111 Å². The second-order valence-electron chi connectivity index (χ2n) is 6.47. The number of hydrogen-bond acceptors (Lipinski definition) is 7. The van der Waals surface area contributed by atoms with E-state index < -0.39 is 10.0 Å². The second kappa shape index (κ2) is 8.72. The molecule has 30 heavy (non-hydrogen) atoms. The SMILES string of the molecule is COc1ccc(CNS(=O)(=O)c2cc(N3C(=O)CCC3=O)ccc2OC)cc1OC. The van der Waals surface area contributed by atoms with E-state index in [-0.39, 0.29) is 47.5 Å². The van der Waals surface area contributed by atoms with Crippen LogP contribution in [0.3, 0.4) is 0 Å². The van der Waals surface area contributed by atoms with Crippen LogP contribution in [0.4, 0.5) is 5.69 Å². The van der Waals surface area contributed by atoms with Gasteiger partial charge in [-0.15, -0.1) is 0 Å². The van der Waals surface area contributed by atoms with E-state index >= 15 is 0 Å². The molecule has 1 aliphatic heterocycles. The first-order valence-corrected chi connectivity index (χ1v) is 10.5. The Bertz CT molecular complexity index is 1070. The highest BCUT2D eigenvalue weighted by Gasteiger charge is 2.32. The largest absolute Gasteiger partial charge is 0.495 e. The molecule has 1 N–H and O–H groups in total. The maximum Gasteiger partial charge on any atom is 0.244 e. The van der Waals surface area contributed by atoms with E-state index in [1.54, 1.807) is 18.2 Å². The lowest BCUT2D eigenvalue weighted by molar-refractivity contribution is -0.121. The highest BCUT2D eigenvalue weighted by Crippen LogP contribution is 2.32. The molecule has 2 aromatic carbocycles. The number of sulfonamides is 1. The molecule has 1 heterocycles. The summed E-state index contributed by atoms with van der Waals surface area (Å²) >= 11 is 0. The molecule has 9 nitrogen and oxygen atoms in total. The molecule has 1 fully saturated rings. The van der Waals surface area contributed by atoms with Crippen LogP contribution >= 0.6 is 0 Å². The summed E-state index contributed by atoms with van der Waals surface area (Å²) in [5.41, 5.74) is 0.839. The lowest BCUT2D eigenvalue weighted by atomic mass is 10.2. The monoisotopic (exact) mass is 434 g/mol. The van der Waals surface area contributed by atoms with Crippen LogP contribution in [0.15, 0.2) is 41.3 Å². The Labute approximate surface area is 174 Å². The minimum Gasteiger partial charge on any atom is -0.495 e. The molecule has 1 aliphatic rings. The van der Waals surface area contributed by atoms with E-state index in [0.29, 0.717) is 17.1 Å². The predicted molar refractivity (Wildman–Crippen MR) is 108 cm³/mol. The van der Waals surface area contributed by atoms with Crippen molar-refractivity contribution < 1.29 is 32.2 Å². The van der Waals surface area contributed by atoms with Gasteiger partial charge in [0.25, 0.3) is 0 Å². The highest BCUT2D eigenvalue weighted by atomic mass is 32.2. The second-order valence-corrected chi connectivity index (χ2v) is 8.21. The Morgan fingerprint density at radius 3 is 2.07 bits per heavy atom. The number of nitrogens with zero attached hydrogens (tertiary/aromatic N) is 1. The average Bonchev–Trinajstić information content (AvgIpc) is 3.09. The smallest absolute Gasteiger partial charge is 0.244 e. The number of rotatable bonds is 8. The van der Waals surface area contributed by atoms with Gasteiger partial charge in [0.05, 0.1) is 27.0 Å². The molecule has 0 atom stereocenters. The third-order valence-corrected chi connectivity index (χ3v) is 6.08. The summed E-state index contributed by atoms with van der Waals surface area (Å²) in [6, 6.07) is 9.20. The van der Waals surface area contributed by atoms with Crippen LogP contribution in [0.25, 0.3) is 0 Å². The van der Waals surface area contributed by atoms with Crippen LogP contribution < -0.4 is 23.8 Å². The molecule has 0 aliphatic carbocycles. The number of anilines is 1. The standard InChI is InChI=1S/C20H22N2O7S/c1-27-15-6-4-13(10-17(15)29-3)12-21-30(25,26)18-11-14(5-7-16(18)28-2)22-19(23)8-9-20(22)24/h4-7,10-11,21H,8-9,12H2,1-3H3. The van der Waals surface area contributed by atoms with Crippen LogP contribution in [0.1, 0.15) is 18.4 Å². The van der Waals surface area contributed by atoms with E-state index in [0.717, 1.165) is 4.90 Å². The number of benzene rings is 2. The van der Waals surface area contributed by atoms with Crippen LogP contribution in [0, 0.1) is 0 Å². The van der Waals surface area contributed by atoms with Gasteiger partial charge in [0.15, 0.2) is 11.5 Å². The first-order valence-electron chi connectivity index (χ1n) is 9.05. The summed E-state index contributed by atoms with van der Waals surface area (Å²) < 4.78 is 44.0. The third kappa shape index (κ3) is 4.24. The molecule has 160 valence electrons. The summed E-state index contributed by atoms with van der Waals surface area (Å²) in [4.78, 5) is 24.8. The normalized spacial score (nSPS) is 14.2. The molecular formula is C20H22N2O7S. The number of nitrogens with one attached hydrogen (secondary N) is 1. The molecule has 1 saturated heterocycles. The third-order valence-electron chi connectivity index (χ3n) is 4.66. The van der Waals surface area contributed by atoms with Crippen molar-refractivity contribution in [1.82, 2.24) is 4.72 Å². The van der Waals surface area contributed by atoms with Crippen molar-refractivity contribution in [3.05, 3.63) is 42.0 Å². The molecule has 0 bridgehead atoms. The van der Waals surface area contributed by atoms with Crippen molar-refractivity contribution >= 4 is 27.5 Å². The minimum atomic E-state index is -4.02. The van der Waals surface area contributed by atoms with Gasteiger partial charge in [-0.1, -0.05) is 6.07 Å². The molecule has 10 heteroatoms. The number of carbonyl (C=O) groups is 2. The van der Waals surface area contributed by atoms with Gasteiger partial charge in [-0.3, -0.25) is 14.5 Å². The van der Waals surface area contributed by atoms with Crippen LogP contribution in [-0.4, -0.2) is 41.6 Å². The number of ether oxygens (including phenoxy) is 3. The summed E-state index contributed by atoms with van der Waals surface area (Å²) in [5, 5.41) is 0. The molecule has 0 unspecified atom stereocenters. The minimum absolute atomic E-state index is 0.0162. The lowest BCUT2D eigenvalue weighted by Crippen LogP contribution is -2.29. The first-order chi connectivity index (χ1) is 14.3. The van der Waals surface area contributed by atoms with E-state index in [9.17, 15) is 18.0 Å². The van der Waals surface area contributed by atoms with Gasteiger partial charge in [0.2, 0.25) is 21.8 Å². The van der Waals surface area contributed by atoms with Crippen LogP contribution in [-0.2, 0) is 26.2 Å². The van der Waals surface area contributed by atoms with Gasteiger partial charge in [-0.05, 0) is 35.9 Å². The van der Waals surface area contributed by atoms with Gasteiger partial charge in [-0.2, -0.15) is 0 Å². The van der Waals surface area contributed by atoms with Gasteiger partial charge < -0.3 is 14.2 Å². The van der Waals surface area contributed by atoms with Crippen molar-refractivity contribution in [2.75, 3.05) is 26.2 Å². The van der Waals surface area contributed by atoms with Crippen LogP contribution in [0.2, 0.25) is 0 Å². The van der Waals surface area contributed by atoms with Crippen molar-refractivity contribution in [2.24, 2.45) is 0 Å². The van der Waals surface area contributed by atoms with E-state index in [1.807, 2.05) is 0 Å². The fourth-order valence-electron chi connectivity index (χ4n) is 3.13. The molecule has 0 spiro atoms. The zero-order valence-corrected chi connectivity index (χ0v) is 17.6. The van der Waals surface area contributed by atoms with Gasteiger partial charge in [-0.25, -0.2) is 13.1 Å². The number of methoxy groups -OCH3 is 3. The van der Waals surface area contributed by atoms with E-state index in [1.165, 1.54) is 39.5 Å². The predicted octanol–water partition coefficient (Wildman–Crippen LogP) is 1.84. The van der Waals surface area contributed by atoms with Crippen LogP contribution in [0.5, 0.6) is 17.2 Å². The molecule has 2 aromatic rings. The summed E-state index contributed by atoms with van der Waals surface area (Å²) in [6.45, 7) is -0.0162. The molecule has 0 aromatic heterocycles. The Balaban J connectivity index is 1.89. The highest BCUT2D eigenvalue weighted by molar-refractivity contribution is 7.89. The molecule has 0 saturated carbocycles. The molecule has 0 radical (unpaired) electrons. The van der Waals surface area contributed by atoms with Crippen molar-refractivity contribution in [1.29, 1.82) is 0 Å². The van der Waals surface area contributed by atoms with Crippen molar-refractivity contribution in [3.63, 3.8) is 0 Å². The zero-order chi connectivity index (χ0) is 21.9. The summed E-state index contributed by atoms with van der Waals surface area (Å²) in [5.74, 6) is 0.356. The van der Waals surface area contributed by atoms with Gasteiger partial charge >= 0.3 is 0 Å². The zero-order valence-electron chi connectivity index (χ0n) is 16.8. The first kappa shape index (κ1) is 21.6. The number of amides is 2. The molecular weight excluding hydrogens is 412 g/mol. The van der Waals surface area contributed by atoms with Gasteiger partial charge in [0.1, 0.15) is 10.6 Å². The number of carbonyl (C=O) groups excluding carboxylic acids is 2. The van der Waals surface area contributed by atoms with E-state index in [2.05, 4.69) is 4.72 Å². The number of hydrogen-bond donors (Lipinski definition) is 1. The quantitative estimate of drug-likeness (QED) is 0.631. The lowest BCUT2D eigenvalue weighted by Gasteiger charge is -2.17. The maximum atomic E-state index is 13.0. The Morgan fingerprint density at radius 1 is 0.867 bits per heavy atom. The summed E-state index contributed by atoms with van der Waals surface area (Å²) in [6.07, 6.45) is 0.203. The van der Waals surface area contributed by atoms with E-state index in [4.69, 9.17) is 14.2 Å². The maximum absolute atomic E-state index is 13.0. The van der Waals surface area contributed by atoms with Gasteiger partial charge in [0, 0.05) is 19.4 Å². The number of imide groups is 1. The Kier molecular flexibility index (Phi) is 6.28. The fraction of sp³-hybridized carbons (Fsp3) is 0.300. The summed E-state index contributed by atoms with van der Waals surface area (Å²) in [7, 11) is 0.320. The molecule has 3 rings (SSSR count). The molecule has 2 amide bonds. The van der Waals surface area contributed by atoms with Crippen molar-refractivity contribution in [2.45, 2.75) is 24.3 Å². The van der Waals surface area contributed by atoms with Crippen molar-refractivity contribution in [3.8, 4) is 17.2 Å². The Hall–Kier alpha value is -3.11. The fourth-order valence-corrected chi connectivity index (χ4v) is 4.33. The Morgan fingerprint density at radius 2 is 1.47 bits per heavy atom. The average molecular weight is 434 g/mol.